The van der Waals surface area contributed by atoms with Crippen molar-refractivity contribution in [1.82, 2.24) is 15.0 Å². The van der Waals surface area contributed by atoms with Crippen LogP contribution in [0.25, 0.3) is 0 Å². The summed E-state index contributed by atoms with van der Waals surface area (Å²) in [5.41, 5.74) is 0. The molecule has 1 fully saturated rings. The molecule has 0 spiro atoms. The lowest BCUT2D eigenvalue weighted by Gasteiger charge is -2.33. The molecule has 96 valence electrons. The quantitative estimate of drug-likeness (QED) is 0.807. The van der Waals surface area contributed by atoms with Crippen LogP contribution >= 0.6 is 0 Å². The highest BCUT2D eigenvalue weighted by Crippen LogP contribution is 2.25. The Hall–Kier alpha value is -0.900. The maximum atomic E-state index is 5.36. The average molecular weight is 237 g/mol. The van der Waals surface area contributed by atoms with Crippen LogP contribution in [-0.2, 0) is 6.42 Å². The van der Waals surface area contributed by atoms with Gasteiger partial charge in [-0.3, -0.25) is 4.90 Å². The first-order valence-electron chi connectivity index (χ1n) is 6.77. The lowest BCUT2D eigenvalue weighted by molar-refractivity contribution is 0.117. The van der Waals surface area contributed by atoms with Crippen LogP contribution in [0.2, 0.25) is 0 Å². The van der Waals surface area contributed by atoms with Gasteiger partial charge >= 0.3 is 0 Å². The van der Waals surface area contributed by atoms with Gasteiger partial charge in [0.15, 0.2) is 5.82 Å². The van der Waals surface area contributed by atoms with E-state index in [0.717, 1.165) is 43.6 Å². The van der Waals surface area contributed by atoms with Gasteiger partial charge in [0.25, 0.3) is 0 Å². The van der Waals surface area contributed by atoms with Crippen molar-refractivity contribution in [3.8, 4) is 0 Å². The number of likely N-dealkylation sites (tertiary alicyclic amines) is 1. The molecule has 17 heavy (non-hydrogen) atoms. The lowest BCUT2D eigenvalue weighted by atomic mass is 9.99. The molecule has 1 aliphatic rings. The van der Waals surface area contributed by atoms with Crippen molar-refractivity contribution in [2.75, 3.05) is 13.1 Å². The number of aromatic nitrogens is 2. The van der Waals surface area contributed by atoms with Crippen molar-refractivity contribution < 1.29 is 4.52 Å². The minimum absolute atomic E-state index is 0.260. The molecule has 2 heterocycles. The molecule has 1 aromatic rings. The molecule has 1 saturated heterocycles. The van der Waals surface area contributed by atoms with Gasteiger partial charge < -0.3 is 4.52 Å². The molecule has 4 heteroatoms. The zero-order valence-corrected chi connectivity index (χ0v) is 11.1. The van der Waals surface area contributed by atoms with Crippen LogP contribution in [0.15, 0.2) is 4.52 Å². The molecular weight excluding hydrogens is 214 g/mol. The van der Waals surface area contributed by atoms with Crippen molar-refractivity contribution in [3.63, 3.8) is 0 Å². The zero-order valence-electron chi connectivity index (χ0n) is 11.1. The minimum atomic E-state index is 0.260. The minimum Gasteiger partial charge on any atom is -0.338 e. The number of aryl methyl sites for hydroxylation is 1. The normalized spacial score (nSPS) is 23.8. The van der Waals surface area contributed by atoms with Gasteiger partial charge in [-0.1, -0.05) is 19.0 Å². The van der Waals surface area contributed by atoms with Crippen LogP contribution in [0, 0.1) is 5.92 Å². The van der Waals surface area contributed by atoms with Crippen LogP contribution in [0.3, 0.4) is 0 Å². The molecule has 1 aromatic heterocycles. The molecule has 0 saturated carbocycles. The van der Waals surface area contributed by atoms with E-state index in [1.54, 1.807) is 0 Å². The largest absolute Gasteiger partial charge is 0.338 e. The number of rotatable bonds is 4. The first-order valence-corrected chi connectivity index (χ1v) is 6.77. The second kappa shape index (κ2) is 5.63. The van der Waals surface area contributed by atoms with Crippen LogP contribution in [0.4, 0.5) is 0 Å². The smallest absolute Gasteiger partial charge is 0.243 e. The monoisotopic (exact) mass is 237 g/mol. The van der Waals surface area contributed by atoms with Crippen molar-refractivity contribution in [2.24, 2.45) is 5.92 Å². The fourth-order valence-electron chi connectivity index (χ4n) is 2.50. The summed E-state index contributed by atoms with van der Waals surface area (Å²) in [7, 11) is 0. The second-order valence-corrected chi connectivity index (χ2v) is 5.22. The molecule has 0 amide bonds. The number of nitrogens with zero attached hydrogens (tertiary/aromatic N) is 3. The van der Waals surface area contributed by atoms with Crippen LogP contribution in [0.1, 0.15) is 57.8 Å². The highest BCUT2D eigenvalue weighted by molar-refractivity contribution is 4.93. The molecule has 2 atom stereocenters. The van der Waals surface area contributed by atoms with Crippen LogP contribution in [-0.4, -0.2) is 28.1 Å². The molecule has 2 rings (SSSR count). The van der Waals surface area contributed by atoms with Gasteiger partial charge in [0, 0.05) is 13.0 Å². The Morgan fingerprint density at radius 3 is 3.06 bits per heavy atom. The standard InChI is InChI=1S/C13H23N3O/c1-4-6-12-14-13(17-15-12)11(3)16-8-5-7-10(2)9-16/h10-11H,4-9H2,1-3H3. The molecule has 0 radical (unpaired) electrons. The topological polar surface area (TPSA) is 42.2 Å². The third-order valence-electron chi connectivity index (χ3n) is 3.55. The van der Waals surface area contributed by atoms with Crippen molar-refractivity contribution in [2.45, 2.75) is 52.5 Å². The maximum Gasteiger partial charge on any atom is 0.243 e. The summed E-state index contributed by atoms with van der Waals surface area (Å²) in [6.45, 7) is 8.91. The van der Waals surface area contributed by atoms with Gasteiger partial charge in [-0.15, -0.1) is 0 Å². The Kier molecular flexibility index (Phi) is 4.15. The number of hydrogen-bond donors (Lipinski definition) is 0. The third kappa shape index (κ3) is 3.06. The second-order valence-electron chi connectivity index (χ2n) is 5.22. The molecule has 2 unspecified atom stereocenters. The molecular formula is C13H23N3O. The van der Waals surface area contributed by atoms with E-state index in [0.29, 0.717) is 0 Å². The first-order chi connectivity index (χ1) is 8.20. The summed E-state index contributed by atoms with van der Waals surface area (Å²) in [5, 5.41) is 4.03. The maximum absolute atomic E-state index is 5.36. The third-order valence-corrected chi connectivity index (χ3v) is 3.55. The zero-order chi connectivity index (χ0) is 12.3. The van der Waals surface area contributed by atoms with E-state index < -0.39 is 0 Å². The van der Waals surface area contributed by atoms with Gasteiger partial charge in [0.2, 0.25) is 5.89 Å². The van der Waals surface area contributed by atoms with Gasteiger partial charge in [0.1, 0.15) is 0 Å². The average Bonchev–Trinajstić information content (AvgIpc) is 2.77. The Morgan fingerprint density at radius 2 is 2.35 bits per heavy atom. The highest BCUT2D eigenvalue weighted by Gasteiger charge is 2.25. The van der Waals surface area contributed by atoms with Crippen molar-refractivity contribution in [1.29, 1.82) is 0 Å². The van der Waals surface area contributed by atoms with Gasteiger partial charge in [-0.25, -0.2) is 0 Å². The summed E-state index contributed by atoms with van der Waals surface area (Å²) in [4.78, 5) is 6.94. The molecule has 0 N–H and O–H groups in total. The van der Waals surface area contributed by atoms with E-state index in [1.807, 2.05) is 0 Å². The van der Waals surface area contributed by atoms with Crippen molar-refractivity contribution >= 4 is 0 Å². The Labute approximate surface area is 103 Å². The first kappa shape index (κ1) is 12.6. The van der Waals surface area contributed by atoms with E-state index in [9.17, 15) is 0 Å². The summed E-state index contributed by atoms with van der Waals surface area (Å²) >= 11 is 0. The van der Waals surface area contributed by atoms with E-state index in [4.69, 9.17) is 4.52 Å². The van der Waals surface area contributed by atoms with E-state index in [1.165, 1.54) is 12.8 Å². The Bertz CT molecular complexity index is 350. The van der Waals surface area contributed by atoms with Crippen LogP contribution < -0.4 is 0 Å². The predicted molar refractivity (Wildman–Crippen MR) is 66.7 cm³/mol. The van der Waals surface area contributed by atoms with Gasteiger partial charge in [-0.05, 0) is 38.6 Å². The summed E-state index contributed by atoms with van der Waals surface area (Å²) in [5.74, 6) is 2.41. The molecule has 4 nitrogen and oxygen atoms in total. The summed E-state index contributed by atoms with van der Waals surface area (Å²) in [6.07, 6.45) is 4.59. The summed E-state index contributed by atoms with van der Waals surface area (Å²) < 4.78 is 5.36. The van der Waals surface area contributed by atoms with E-state index in [-0.39, 0.29) is 6.04 Å². The Morgan fingerprint density at radius 1 is 1.53 bits per heavy atom. The molecule has 1 aliphatic heterocycles. The summed E-state index contributed by atoms with van der Waals surface area (Å²) in [6, 6.07) is 0.260. The van der Waals surface area contributed by atoms with Gasteiger partial charge in [-0.2, -0.15) is 4.98 Å². The predicted octanol–water partition coefficient (Wildman–Crippen LogP) is 2.82. The van der Waals surface area contributed by atoms with Crippen LogP contribution in [0.5, 0.6) is 0 Å². The molecule has 0 bridgehead atoms. The van der Waals surface area contributed by atoms with E-state index >= 15 is 0 Å². The Balaban J connectivity index is 1.99. The van der Waals surface area contributed by atoms with Crippen molar-refractivity contribution in [3.05, 3.63) is 11.7 Å². The molecule has 0 aromatic carbocycles. The highest BCUT2D eigenvalue weighted by atomic mass is 16.5. The number of hydrogen-bond acceptors (Lipinski definition) is 4. The fraction of sp³-hybridized carbons (Fsp3) is 0.846. The lowest BCUT2D eigenvalue weighted by Crippen LogP contribution is -2.36. The SMILES string of the molecule is CCCc1noc(C(C)N2CCCC(C)C2)n1. The molecule has 0 aliphatic carbocycles. The van der Waals surface area contributed by atoms with Gasteiger partial charge in [0.05, 0.1) is 6.04 Å². The number of piperidine rings is 1. The van der Waals surface area contributed by atoms with E-state index in [2.05, 4.69) is 35.8 Å². The fourth-order valence-corrected chi connectivity index (χ4v) is 2.50.